The molecule has 8 heteroatoms. The van der Waals surface area contributed by atoms with E-state index in [1.807, 2.05) is 33.8 Å². The van der Waals surface area contributed by atoms with Crippen molar-refractivity contribution in [2.24, 2.45) is 11.3 Å². The fourth-order valence-electron chi connectivity index (χ4n) is 4.73. The van der Waals surface area contributed by atoms with E-state index in [-0.39, 0.29) is 17.1 Å². The lowest BCUT2D eigenvalue weighted by Gasteiger charge is -2.47. The predicted octanol–water partition coefficient (Wildman–Crippen LogP) is 8.38. The molecule has 0 aromatic heterocycles. The number of aryl methyl sites for hydroxylation is 1. The number of ether oxygens (including phenoxy) is 2. The lowest BCUT2D eigenvalue weighted by molar-refractivity contribution is -0.180. The molecule has 1 saturated heterocycles. The molecule has 1 aromatic rings. The van der Waals surface area contributed by atoms with Crippen LogP contribution in [0.2, 0.25) is 0 Å². The second-order valence-electron chi connectivity index (χ2n) is 11.8. The number of allylic oxidation sites excluding steroid dienone is 2. The standard InChI is InChI=1S/C31H47F2NO4S/c1-9-11-12-26(24-16-22(5)13-14-25(24)38-29(32)33)39-27(21(3)4)19-34-18-23(30(6,7)8)17-31(20-34,28(35)36)37-15-10-2/h12-14,16,23,29H,9-11,15,17-20H2,1-8H3,(H,35,36)/b26-12+/t23?,31-/m0/s1. The summed E-state index contributed by atoms with van der Waals surface area (Å²) in [5, 5.41) is 10.3. The van der Waals surface area contributed by atoms with Crippen molar-refractivity contribution in [2.45, 2.75) is 93.3 Å². The van der Waals surface area contributed by atoms with Crippen molar-refractivity contribution in [2.75, 3.05) is 26.2 Å². The van der Waals surface area contributed by atoms with Crippen LogP contribution in [0.4, 0.5) is 8.78 Å². The minimum absolute atomic E-state index is 0.0948. The van der Waals surface area contributed by atoms with Crippen LogP contribution in [0.25, 0.3) is 4.91 Å². The number of benzene rings is 1. The zero-order chi connectivity index (χ0) is 29.4. The van der Waals surface area contributed by atoms with Gasteiger partial charge >= 0.3 is 12.6 Å². The molecule has 39 heavy (non-hydrogen) atoms. The van der Waals surface area contributed by atoms with Gasteiger partial charge < -0.3 is 14.6 Å². The minimum Gasteiger partial charge on any atom is -0.479 e. The smallest absolute Gasteiger partial charge is 0.387 e. The van der Waals surface area contributed by atoms with Crippen LogP contribution in [0.1, 0.15) is 85.3 Å². The normalized spacial score (nSPS) is 20.8. The van der Waals surface area contributed by atoms with E-state index in [0.29, 0.717) is 31.7 Å². The van der Waals surface area contributed by atoms with E-state index in [9.17, 15) is 18.7 Å². The fourth-order valence-corrected chi connectivity index (χ4v) is 5.92. The van der Waals surface area contributed by atoms with Crippen LogP contribution in [-0.4, -0.2) is 54.4 Å². The molecular formula is C31H47F2NO4S. The summed E-state index contributed by atoms with van der Waals surface area (Å²) in [5.74, 6) is -0.638. The third-order valence-corrected chi connectivity index (χ3v) is 8.51. The Bertz CT molecular complexity index is 1030. The molecular weight excluding hydrogens is 520 g/mol. The Kier molecular flexibility index (Phi) is 12.5. The van der Waals surface area contributed by atoms with E-state index in [2.05, 4.69) is 38.7 Å². The summed E-state index contributed by atoms with van der Waals surface area (Å²) >= 11 is 1.56. The lowest BCUT2D eigenvalue weighted by Crippen LogP contribution is -2.59. The highest BCUT2D eigenvalue weighted by molar-refractivity contribution is 8.11. The van der Waals surface area contributed by atoms with Crippen molar-refractivity contribution < 1.29 is 28.2 Å². The lowest BCUT2D eigenvalue weighted by atomic mass is 9.71. The summed E-state index contributed by atoms with van der Waals surface area (Å²) in [6, 6.07) is 5.26. The number of carboxylic acids is 1. The van der Waals surface area contributed by atoms with Crippen LogP contribution < -0.4 is 4.74 Å². The van der Waals surface area contributed by atoms with E-state index >= 15 is 0 Å². The molecule has 1 aliphatic heterocycles. The first-order valence-electron chi connectivity index (χ1n) is 13.9. The van der Waals surface area contributed by atoms with Gasteiger partial charge in [0.1, 0.15) is 5.75 Å². The molecule has 1 N–H and O–H groups in total. The molecule has 1 unspecified atom stereocenters. The summed E-state index contributed by atoms with van der Waals surface area (Å²) in [7, 11) is 0. The average molecular weight is 568 g/mol. The first-order chi connectivity index (χ1) is 18.2. The molecule has 2 rings (SSSR count). The maximum absolute atomic E-state index is 13.3. The van der Waals surface area contributed by atoms with Gasteiger partial charge in [0.05, 0.1) is 0 Å². The second-order valence-corrected chi connectivity index (χ2v) is 13.0. The van der Waals surface area contributed by atoms with Crippen molar-refractivity contribution in [3.63, 3.8) is 0 Å². The Morgan fingerprint density at radius 3 is 2.49 bits per heavy atom. The molecule has 0 radical (unpaired) electrons. The molecule has 0 spiro atoms. The number of hydrogen-bond donors (Lipinski definition) is 1. The number of piperidine rings is 1. The maximum Gasteiger partial charge on any atom is 0.387 e. The summed E-state index contributed by atoms with van der Waals surface area (Å²) in [6.45, 7) is 15.6. The molecule has 1 aromatic carbocycles. The van der Waals surface area contributed by atoms with Gasteiger partial charge in [0.25, 0.3) is 0 Å². The number of carboxylic acid groups (broad SMARTS) is 1. The number of aliphatic carboxylic acids is 1. The zero-order valence-electron chi connectivity index (χ0n) is 24.9. The summed E-state index contributed by atoms with van der Waals surface area (Å²) < 4.78 is 37.5. The summed E-state index contributed by atoms with van der Waals surface area (Å²) in [4.78, 5) is 16.7. The highest BCUT2D eigenvalue weighted by Crippen LogP contribution is 2.43. The van der Waals surface area contributed by atoms with E-state index < -0.39 is 18.2 Å². The number of rotatable bonds is 13. The van der Waals surface area contributed by atoms with Gasteiger partial charge in [-0.1, -0.05) is 76.1 Å². The third kappa shape index (κ3) is 9.61. The molecule has 220 valence electrons. The van der Waals surface area contributed by atoms with Crippen LogP contribution >= 0.6 is 11.8 Å². The van der Waals surface area contributed by atoms with Gasteiger partial charge in [0.15, 0.2) is 5.60 Å². The van der Waals surface area contributed by atoms with Crippen LogP contribution in [0.5, 0.6) is 5.75 Å². The first-order valence-corrected chi connectivity index (χ1v) is 14.7. The average Bonchev–Trinajstić information content (AvgIpc) is 2.84. The van der Waals surface area contributed by atoms with Gasteiger partial charge in [0, 0.05) is 41.6 Å². The van der Waals surface area contributed by atoms with Crippen LogP contribution in [0.3, 0.4) is 0 Å². The highest BCUT2D eigenvalue weighted by atomic mass is 32.2. The van der Waals surface area contributed by atoms with Crippen molar-refractivity contribution >= 4 is 22.6 Å². The second kappa shape index (κ2) is 14.6. The summed E-state index contributed by atoms with van der Waals surface area (Å²) in [5.41, 5.74) is 1.34. The minimum atomic E-state index is -2.92. The van der Waals surface area contributed by atoms with E-state index in [0.717, 1.165) is 46.8 Å². The zero-order valence-corrected chi connectivity index (χ0v) is 25.7. The molecule has 0 bridgehead atoms. The number of carbonyl (C=O) groups is 1. The van der Waals surface area contributed by atoms with Gasteiger partial charge in [-0.2, -0.15) is 8.78 Å². The van der Waals surface area contributed by atoms with Gasteiger partial charge in [-0.3, -0.25) is 4.90 Å². The number of nitrogens with zero attached hydrogens (tertiary/aromatic N) is 1. The highest BCUT2D eigenvalue weighted by Gasteiger charge is 2.49. The third-order valence-electron chi connectivity index (χ3n) is 7.12. The van der Waals surface area contributed by atoms with Crippen LogP contribution in [-0.2, 0) is 9.53 Å². The topological polar surface area (TPSA) is 59.0 Å². The number of hydrogen-bond acceptors (Lipinski definition) is 5. The Morgan fingerprint density at radius 1 is 1.26 bits per heavy atom. The maximum atomic E-state index is 13.3. The van der Waals surface area contributed by atoms with Crippen molar-refractivity contribution in [1.29, 1.82) is 0 Å². The van der Waals surface area contributed by atoms with E-state index in [4.69, 9.17) is 9.47 Å². The Labute approximate surface area is 238 Å². The molecule has 1 fully saturated rings. The first kappa shape index (κ1) is 33.3. The van der Waals surface area contributed by atoms with Crippen molar-refractivity contribution in [1.82, 2.24) is 4.90 Å². The fraction of sp³-hybridized carbons (Fsp3) is 0.645. The number of halogens is 2. The quantitative estimate of drug-likeness (QED) is 0.258. The molecule has 0 amide bonds. The molecule has 1 aliphatic rings. The van der Waals surface area contributed by atoms with Crippen LogP contribution in [0.15, 0.2) is 34.8 Å². The number of likely N-dealkylation sites (tertiary alicyclic amines) is 1. The monoisotopic (exact) mass is 567 g/mol. The largest absolute Gasteiger partial charge is 0.479 e. The molecule has 5 nitrogen and oxygen atoms in total. The Hall–Kier alpha value is -1.90. The predicted molar refractivity (Wildman–Crippen MR) is 157 cm³/mol. The SMILES string of the molecule is CCC/C=C(/SC(CN1CC(C(C)(C)C)C[C@@](OCCC)(C(=O)O)C1)=C(C)C)c1cc(C)ccc1OC(F)F. The van der Waals surface area contributed by atoms with Crippen molar-refractivity contribution in [3.8, 4) is 5.75 Å². The molecule has 0 aliphatic carbocycles. The molecule has 1 heterocycles. The van der Waals surface area contributed by atoms with Gasteiger partial charge in [0.2, 0.25) is 0 Å². The number of unbranched alkanes of at least 4 members (excludes halogenated alkanes) is 1. The number of thioether (sulfide) groups is 1. The van der Waals surface area contributed by atoms with Gasteiger partial charge in [-0.15, -0.1) is 0 Å². The molecule has 2 atom stereocenters. The summed E-state index contributed by atoms with van der Waals surface area (Å²) in [6.07, 6.45) is 5.01. The Morgan fingerprint density at radius 2 is 1.95 bits per heavy atom. The van der Waals surface area contributed by atoms with Gasteiger partial charge in [-0.05, 0) is 63.5 Å². The Balaban J connectivity index is 2.46. The van der Waals surface area contributed by atoms with Crippen molar-refractivity contribution in [3.05, 3.63) is 45.9 Å². The number of alkyl halides is 2. The van der Waals surface area contributed by atoms with Gasteiger partial charge in [-0.25, -0.2) is 4.79 Å². The molecule has 0 saturated carbocycles. The van der Waals surface area contributed by atoms with E-state index in [1.165, 1.54) is 0 Å². The van der Waals surface area contributed by atoms with E-state index in [1.54, 1.807) is 23.9 Å². The van der Waals surface area contributed by atoms with Crippen LogP contribution in [0, 0.1) is 18.3 Å².